The maximum absolute atomic E-state index is 12.9. The molecule has 2 aromatic rings. The number of aromatic amines is 1. The molecule has 1 aliphatic rings. The van der Waals surface area contributed by atoms with E-state index in [0.29, 0.717) is 22.5 Å². The summed E-state index contributed by atoms with van der Waals surface area (Å²) in [6.07, 6.45) is 0. The van der Waals surface area contributed by atoms with Crippen molar-refractivity contribution < 1.29 is 19.2 Å². The Hall–Kier alpha value is -3.22. The maximum atomic E-state index is 12.9. The lowest BCUT2D eigenvalue weighted by Crippen LogP contribution is -2.37. The molecule has 1 N–H and O–H groups in total. The normalized spacial score (nSPS) is 16.8. The number of carbonyl (C=O) groups excluding carboxylic acids is 4. The first-order chi connectivity index (χ1) is 13.1. The van der Waals surface area contributed by atoms with Crippen molar-refractivity contribution >= 4 is 29.2 Å². The zero-order valence-corrected chi connectivity index (χ0v) is 16.6. The molecule has 0 unspecified atom stereocenters. The number of aromatic nitrogens is 1. The fourth-order valence-electron chi connectivity index (χ4n) is 3.69. The van der Waals surface area contributed by atoms with Crippen LogP contribution in [0.3, 0.4) is 0 Å². The van der Waals surface area contributed by atoms with E-state index in [-0.39, 0.29) is 18.0 Å². The number of Topliss-reactive ketones (excluding diaryl/α,β-unsaturated/α-hetero) is 2. The van der Waals surface area contributed by atoms with Gasteiger partial charge in [-0.05, 0) is 52.3 Å². The lowest BCUT2D eigenvalue weighted by molar-refractivity contribution is -0.126. The number of nitrogens with one attached hydrogen (secondary N) is 1. The molecule has 7 nitrogen and oxygen atoms in total. The average Bonchev–Trinajstić information content (AvgIpc) is 3.04. The molecule has 28 heavy (non-hydrogen) atoms. The Labute approximate surface area is 163 Å². The quantitative estimate of drug-likeness (QED) is 0.636. The minimum absolute atomic E-state index is 0.141. The first-order valence-electron chi connectivity index (χ1n) is 9.08. The van der Waals surface area contributed by atoms with Crippen LogP contribution in [0, 0.1) is 20.8 Å². The Kier molecular flexibility index (Phi) is 4.93. The minimum atomic E-state index is -0.692. The Balaban J connectivity index is 1.86. The molecule has 0 spiro atoms. The Morgan fingerprint density at radius 2 is 1.68 bits per heavy atom. The van der Waals surface area contributed by atoms with Crippen molar-refractivity contribution in [3.05, 3.63) is 52.3 Å². The van der Waals surface area contributed by atoms with Crippen molar-refractivity contribution in [3.63, 3.8) is 0 Å². The van der Waals surface area contributed by atoms with Crippen LogP contribution in [0.4, 0.5) is 10.5 Å². The number of urea groups is 1. The van der Waals surface area contributed by atoms with Crippen molar-refractivity contribution in [2.45, 2.75) is 40.7 Å². The average molecular weight is 381 g/mol. The molecule has 0 radical (unpaired) electrons. The molecular formula is C21H23N3O4. The maximum Gasteiger partial charge on any atom is 0.332 e. The van der Waals surface area contributed by atoms with Crippen LogP contribution in [-0.2, 0) is 4.79 Å². The number of ketones is 2. The third-order valence-corrected chi connectivity index (χ3v) is 5.13. The third kappa shape index (κ3) is 3.13. The van der Waals surface area contributed by atoms with Crippen molar-refractivity contribution in [2.24, 2.45) is 0 Å². The van der Waals surface area contributed by atoms with Gasteiger partial charge in [-0.3, -0.25) is 24.2 Å². The molecule has 1 aromatic carbocycles. The van der Waals surface area contributed by atoms with Crippen molar-refractivity contribution in [3.8, 4) is 0 Å². The van der Waals surface area contributed by atoms with Crippen LogP contribution in [0.15, 0.2) is 24.3 Å². The summed E-state index contributed by atoms with van der Waals surface area (Å²) < 4.78 is 0. The summed E-state index contributed by atoms with van der Waals surface area (Å²) >= 11 is 0. The highest BCUT2D eigenvalue weighted by Gasteiger charge is 2.44. The lowest BCUT2D eigenvalue weighted by Gasteiger charge is -2.19. The predicted octanol–water partition coefficient (Wildman–Crippen LogP) is 3.18. The van der Waals surface area contributed by atoms with Crippen LogP contribution in [0.2, 0.25) is 0 Å². The van der Waals surface area contributed by atoms with Gasteiger partial charge in [0.1, 0.15) is 6.04 Å². The summed E-state index contributed by atoms with van der Waals surface area (Å²) in [6, 6.07) is 6.06. The van der Waals surface area contributed by atoms with Gasteiger partial charge in [0, 0.05) is 16.9 Å². The highest BCUT2D eigenvalue weighted by Crippen LogP contribution is 2.27. The topological polar surface area (TPSA) is 90.6 Å². The first kappa shape index (κ1) is 19.5. The number of hydrogen-bond donors (Lipinski definition) is 1. The van der Waals surface area contributed by atoms with Crippen LogP contribution in [-0.4, -0.2) is 46.0 Å². The second kappa shape index (κ2) is 7.07. The SMILES string of the molecule is CC(=O)c1c(C)[nH]c(C(=O)CN2C(=O)[C@H](C)N(c3ccc(C)cc3)C2=O)c1C. The second-order valence-corrected chi connectivity index (χ2v) is 7.19. The largest absolute Gasteiger partial charge is 0.355 e. The number of aryl methyl sites for hydroxylation is 2. The number of imide groups is 1. The van der Waals surface area contributed by atoms with E-state index < -0.39 is 23.8 Å². The van der Waals surface area contributed by atoms with Gasteiger partial charge in [-0.15, -0.1) is 0 Å². The highest BCUT2D eigenvalue weighted by molar-refractivity contribution is 6.16. The highest BCUT2D eigenvalue weighted by atomic mass is 16.2. The van der Waals surface area contributed by atoms with E-state index in [4.69, 9.17) is 0 Å². The van der Waals surface area contributed by atoms with Gasteiger partial charge in [0.25, 0.3) is 5.91 Å². The third-order valence-electron chi connectivity index (χ3n) is 5.13. The number of rotatable bonds is 5. The fourth-order valence-corrected chi connectivity index (χ4v) is 3.69. The number of H-pyrrole nitrogens is 1. The van der Waals surface area contributed by atoms with Crippen LogP contribution >= 0.6 is 0 Å². The predicted molar refractivity (Wildman–Crippen MR) is 105 cm³/mol. The molecule has 1 atom stereocenters. The number of amides is 3. The number of carbonyl (C=O) groups is 4. The van der Waals surface area contributed by atoms with Crippen molar-refractivity contribution in [1.29, 1.82) is 0 Å². The van der Waals surface area contributed by atoms with Crippen LogP contribution in [0.1, 0.15) is 51.5 Å². The minimum Gasteiger partial charge on any atom is -0.355 e. The van der Waals surface area contributed by atoms with Crippen LogP contribution in [0.25, 0.3) is 0 Å². The van der Waals surface area contributed by atoms with Crippen molar-refractivity contribution in [2.75, 3.05) is 11.4 Å². The fraction of sp³-hybridized carbons (Fsp3) is 0.333. The van der Waals surface area contributed by atoms with Gasteiger partial charge >= 0.3 is 6.03 Å². The van der Waals surface area contributed by atoms with E-state index in [1.165, 1.54) is 11.8 Å². The number of nitrogens with zero attached hydrogens (tertiary/aromatic N) is 2. The molecule has 1 saturated heterocycles. The molecule has 146 valence electrons. The smallest absolute Gasteiger partial charge is 0.332 e. The van der Waals surface area contributed by atoms with E-state index in [2.05, 4.69) is 4.98 Å². The van der Waals surface area contributed by atoms with E-state index in [1.807, 2.05) is 19.1 Å². The summed E-state index contributed by atoms with van der Waals surface area (Å²) in [5, 5.41) is 0. The number of anilines is 1. The zero-order valence-electron chi connectivity index (χ0n) is 16.6. The molecule has 1 aromatic heterocycles. The van der Waals surface area contributed by atoms with Gasteiger partial charge in [0.05, 0.1) is 12.2 Å². The van der Waals surface area contributed by atoms with Gasteiger partial charge in [-0.25, -0.2) is 4.79 Å². The van der Waals surface area contributed by atoms with Gasteiger partial charge in [-0.2, -0.15) is 0 Å². The summed E-state index contributed by atoms with van der Waals surface area (Å²) in [5.74, 6) is -0.975. The van der Waals surface area contributed by atoms with Gasteiger partial charge in [-0.1, -0.05) is 17.7 Å². The molecule has 1 fully saturated rings. The molecule has 0 bridgehead atoms. The second-order valence-electron chi connectivity index (χ2n) is 7.19. The van der Waals surface area contributed by atoms with E-state index in [0.717, 1.165) is 10.5 Å². The molecule has 7 heteroatoms. The lowest BCUT2D eigenvalue weighted by atomic mass is 10.1. The standard InChI is InChI=1S/C21H23N3O4/c1-11-6-8-16(9-7-11)24-14(4)20(27)23(21(24)28)10-17(26)19-12(2)18(15(5)25)13(3)22-19/h6-9,14,22H,10H2,1-5H3/t14-/m0/s1. The van der Waals surface area contributed by atoms with Crippen LogP contribution in [0.5, 0.6) is 0 Å². The summed E-state index contributed by atoms with van der Waals surface area (Å²) in [6.45, 7) is 8.04. The Morgan fingerprint density at radius 1 is 1.07 bits per heavy atom. The summed E-state index contributed by atoms with van der Waals surface area (Å²) in [4.78, 5) is 55.4. The Bertz CT molecular complexity index is 988. The molecule has 0 saturated carbocycles. The van der Waals surface area contributed by atoms with Crippen LogP contribution < -0.4 is 4.90 Å². The van der Waals surface area contributed by atoms with Crippen molar-refractivity contribution in [1.82, 2.24) is 9.88 Å². The van der Waals surface area contributed by atoms with E-state index >= 15 is 0 Å². The molecule has 0 aliphatic carbocycles. The number of hydrogen-bond acceptors (Lipinski definition) is 4. The van der Waals surface area contributed by atoms with Gasteiger partial charge in [0.15, 0.2) is 11.6 Å². The van der Waals surface area contributed by atoms with Gasteiger partial charge in [0.2, 0.25) is 0 Å². The molecule has 3 rings (SSSR count). The van der Waals surface area contributed by atoms with E-state index in [1.54, 1.807) is 32.9 Å². The molecule has 1 aliphatic heterocycles. The zero-order chi connectivity index (χ0) is 20.7. The molecule has 3 amide bonds. The summed E-state index contributed by atoms with van der Waals surface area (Å²) in [7, 11) is 0. The van der Waals surface area contributed by atoms with Gasteiger partial charge < -0.3 is 4.98 Å². The first-order valence-corrected chi connectivity index (χ1v) is 9.08. The monoisotopic (exact) mass is 381 g/mol. The number of benzene rings is 1. The van der Waals surface area contributed by atoms with E-state index in [9.17, 15) is 19.2 Å². The Morgan fingerprint density at radius 3 is 2.21 bits per heavy atom. The molecule has 2 heterocycles. The molecular weight excluding hydrogens is 358 g/mol. The summed E-state index contributed by atoms with van der Waals surface area (Å²) in [5.41, 5.74) is 3.51.